The van der Waals surface area contributed by atoms with Crippen LogP contribution in [0.3, 0.4) is 0 Å². The molecule has 4 heteroatoms. The third-order valence-electron chi connectivity index (χ3n) is 2.01. The zero-order chi connectivity index (χ0) is 10.3. The summed E-state index contributed by atoms with van der Waals surface area (Å²) < 4.78 is 14.1. The number of hydrogen-bond donors (Lipinski definition) is 0. The molecule has 0 aliphatic rings. The second-order valence-electron chi connectivity index (χ2n) is 2.96. The highest BCUT2D eigenvalue weighted by Crippen LogP contribution is 2.32. The lowest BCUT2D eigenvalue weighted by atomic mass is 10.2. The van der Waals surface area contributed by atoms with Crippen LogP contribution < -0.4 is 0 Å². The van der Waals surface area contributed by atoms with Gasteiger partial charge in [-0.25, -0.2) is 9.37 Å². The summed E-state index contributed by atoms with van der Waals surface area (Å²) in [7, 11) is 0. The van der Waals surface area contributed by atoms with Gasteiger partial charge >= 0.3 is 0 Å². The second-order valence-corrected chi connectivity index (χ2v) is 4.13. The van der Waals surface area contributed by atoms with Gasteiger partial charge in [0, 0.05) is 5.39 Å². The van der Waals surface area contributed by atoms with Crippen LogP contribution in [0.15, 0.2) is 22.7 Å². The van der Waals surface area contributed by atoms with Crippen LogP contribution in [-0.2, 0) is 0 Å². The Morgan fingerprint density at radius 2 is 2.14 bits per heavy atom. The Labute approximate surface area is 94.0 Å². The number of hydrogen-bond acceptors (Lipinski definition) is 1. The van der Waals surface area contributed by atoms with Crippen molar-refractivity contribution in [1.82, 2.24) is 4.98 Å². The van der Waals surface area contributed by atoms with E-state index in [0.29, 0.717) is 21.6 Å². The van der Waals surface area contributed by atoms with E-state index in [2.05, 4.69) is 20.9 Å². The number of halogens is 3. The van der Waals surface area contributed by atoms with Crippen LogP contribution in [0.4, 0.5) is 4.39 Å². The van der Waals surface area contributed by atoms with E-state index in [1.807, 2.05) is 0 Å². The predicted molar refractivity (Wildman–Crippen MR) is 59.1 cm³/mol. The third kappa shape index (κ3) is 1.41. The molecule has 0 saturated carbocycles. The summed E-state index contributed by atoms with van der Waals surface area (Å²) in [6.07, 6.45) is 0. The molecule has 0 N–H and O–H groups in total. The standard InChI is InChI=1S/C10H6BrClFN/c1-5-8(11)9(12)6-3-2-4-7(13)10(6)14-5/h2-4H,1H3. The maximum absolute atomic E-state index is 13.3. The quantitative estimate of drug-likeness (QED) is 0.705. The monoisotopic (exact) mass is 273 g/mol. The minimum absolute atomic E-state index is 0.318. The molecule has 0 bridgehead atoms. The highest BCUT2D eigenvalue weighted by Gasteiger charge is 2.10. The zero-order valence-electron chi connectivity index (χ0n) is 7.31. The first-order valence-electron chi connectivity index (χ1n) is 4.01. The summed E-state index contributed by atoms with van der Waals surface area (Å²) in [5, 5.41) is 1.14. The zero-order valence-corrected chi connectivity index (χ0v) is 9.66. The SMILES string of the molecule is Cc1nc2c(F)cccc2c(Cl)c1Br. The fourth-order valence-electron chi connectivity index (χ4n) is 1.30. The number of aromatic nitrogens is 1. The number of para-hydroxylation sites is 1. The Hall–Kier alpha value is -0.670. The number of fused-ring (bicyclic) bond motifs is 1. The lowest BCUT2D eigenvalue weighted by Crippen LogP contribution is -1.90. The first kappa shape index (κ1) is 9.87. The molecule has 2 rings (SSSR count). The molecular weight excluding hydrogens is 268 g/mol. The van der Waals surface area contributed by atoms with Gasteiger partial charge in [0.15, 0.2) is 0 Å². The Morgan fingerprint density at radius 1 is 1.43 bits per heavy atom. The lowest BCUT2D eigenvalue weighted by molar-refractivity contribution is 0.636. The van der Waals surface area contributed by atoms with E-state index < -0.39 is 0 Å². The van der Waals surface area contributed by atoms with Crippen molar-refractivity contribution in [2.45, 2.75) is 6.92 Å². The van der Waals surface area contributed by atoms with Gasteiger partial charge in [-0.05, 0) is 28.9 Å². The van der Waals surface area contributed by atoms with Crippen LogP contribution in [0.25, 0.3) is 10.9 Å². The van der Waals surface area contributed by atoms with Crippen LogP contribution >= 0.6 is 27.5 Å². The molecule has 0 amide bonds. The molecule has 0 unspecified atom stereocenters. The Bertz CT molecular complexity index is 513. The Balaban J connectivity index is 2.98. The molecule has 0 saturated heterocycles. The van der Waals surface area contributed by atoms with Crippen molar-refractivity contribution in [2.24, 2.45) is 0 Å². The Morgan fingerprint density at radius 3 is 2.86 bits per heavy atom. The fraction of sp³-hybridized carbons (Fsp3) is 0.100. The molecule has 0 aliphatic carbocycles. The van der Waals surface area contributed by atoms with E-state index in [4.69, 9.17) is 11.6 Å². The van der Waals surface area contributed by atoms with E-state index in [1.54, 1.807) is 19.1 Å². The summed E-state index contributed by atoms with van der Waals surface area (Å²) >= 11 is 9.36. The average Bonchev–Trinajstić information content (AvgIpc) is 2.17. The van der Waals surface area contributed by atoms with Crippen molar-refractivity contribution < 1.29 is 4.39 Å². The summed E-state index contributed by atoms with van der Waals surface area (Å²) in [5.41, 5.74) is 1.01. The normalized spacial score (nSPS) is 10.9. The topological polar surface area (TPSA) is 12.9 Å². The van der Waals surface area contributed by atoms with Crippen molar-refractivity contribution in [3.63, 3.8) is 0 Å². The fourth-order valence-corrected chi connectivity index (χ4v) is 1.89. The van der Waals surface area contributed by atoms with Crippen molar-refractivity contribution >= 4 is 38.4 Å². The predicted octanol–water partition coefficient (Wildman–Crippen LogP) is 4.10. The smallest absolute Gasteiger partial charge is 0.149 e. The highest BCUT2D eigenvalue weighted by molar-refractivity contribution is 9.10. The average molecular weight is 275 g/mol. The highest BCUT2D eigenvalue weighted by atomic mass is 79.9. The Kier molecular flexibility index (Phi) is 2.45. The minimum atomic E-state index is -0.347. The first-order valence-corrected chi connectivity index (χ1v) is 5.18. The molecule has 0 aliphatic heterocycles. The van der Waals surface area contributed by atoms with E-state index >= 15 is 0 Å². The molecule has 1 nitrogen and oxygen atoms in total. The molecule has 1 aromatic carbocycles. The molecule has 14 heavy (non-hydrogen) atoms. The summed E-state index contributed by atoms with van der Waals surface area (Å²) in [4.78, 5) is 4.13. The van der Waals surface area contributed by atoms with E-state index in [0.717, 1.165) is 4.47 Å². The van der Waals surface area contributed by atoms with Gasteiger partial charge in [-0.3, -0.25) is 0 Å². The van der Waals surface area contributed by atoms with Crippen LogP contribution in [0, 0.1) is 12.7 Å². The van der Waals surface area contributed by atoms with Gasteiger partial charge < -0.3 is 0 Å². The van der Waals surface area contributed by atoms with Crippen molar-refractivity contribution in [1.29, 1.82) is 0 Å². The summed E-state index contributed by atoms with van der Waals surface area (Å²) in [6.45, 7) is 1.78. The van der Waals surface area contributed by atoms with Gasteiger partial charge in [0.1, 0.15) is 11.3 Å². The largest absolute Gasteiger partial charge is 0.249 e. The molecule has 0 spiro atoms. The number of pyridine rings is 1. The lowest BCUT2D eigenvalue weighted by Gasteiger charge is -2.05. The van der Waals surface area contributed by atoms with Crippen molar-refractivity contribution in [3.8, 4) is 0 Å². The molecule has 72 valence electrons. The summed E-state index contributed by atoms with van der Waals surface area (Å²) in [6, 6.07) is 4.74. The molecule has 0 atom stereocenters. The molecular formula is C10H6BrClFN. The number of rotatable bonds is 0. The van der Waals surface area contributed by atoms with Crippen LogP contribution in [0.2, 0.25) is 5.02 Å². The van der Waals surface area contributed by atoms with Crippen LogP contribution in [0.5, 0.6) is 0 Å². The molecule has 0 fully saturated rings. The van der Waals surface area contributed by atoms with E-state index in [-0.39, 0.29) is 5.82 Å². The maximum atomic E-state index is 13.3. The second kappa shape index (κ2) is 3.48. The number of nitrogens with zero attached hydrogens (tertiary/aromatic N) is 1. The molecule has 0 radical (unpaired) electrons. The van der Waals surface area contributed by atoms with Gasteiger partial charge in [-0.15, -0.1) is 0 Å². The maximum Gasteiger partial charge on any atom is 0.149 e. The van der Waals surface area contributed by atoms with Gasteiger partial charge in [-0.2, -0.15) is 0 Å². The van der Waals surface area contributed by atoms with Crippen molar-refractivity contribution in [3.05, 3.63) is 39.2 Å². The summed E-state index contributed by atoms with van der Waals surface area (Å²) in [5.74, 6) is -0.347. The van der Waals surface area contributed by atoms with E-state index in [1.165, 1.54) is 6.07 Å². The van der Waals surface area contributed by atoms with Gasteiger partial charge in [0.2, 0.25) is 0 Å². The minimum Gasteiger partial charge on any atom is -0.249 e. The number of benzene rings is 1. The van der Waals surface area contributed by atoms with Gasteiger partial charge in [0.25, 0.3) is 0 Å². The molecule has 2 aromatic rings. The van der Waals surface area contributed by atoms with Gasteiger partial charge in [0.05, 0.1) is 15.2 Å². The molecule has 1 heterocycles. The number of aryl methyl sites for hydroxylation is 1. The third-order valence-corrected chi connectivity index (χ3v) is 3.60. The van der Waals surface area contributed by atoms with Crippen LogP contribution in [-0.4, -0.2) is 4.98 Å². The van der Waals surface area contributed by atoms with Gasteiger partial charge in [-0.1, -0.05) is 23.7 Å². The van der Waals surface area contributed by atoms with Crippen molar-refractivity contribution in [2.75, 3.05) is 0 Å². The van der Waals surface area contributed by atoms with Crippen LogP contribution in [0.1, 0.15) is 5.69 Å². The van der Waals surface area contributed by atoms with E-state index in [9.17, 15) is 4.39 Å². The molecule has 1 aromatic heterocycles. The first-order chi connectivity index (χ1) is 6.61.